The van der Waals surface area contributed by atoms with Crippen molar-refractivity contribution in [1.29, 1.82) is 0 Å². The van der Waals surface area contributed by atoms with Gasteiger partial charge in [0.1, 0.15) is 4.83 Å². The fourth-order valence-corrected chi connectivity index (χ4v) is 6.27. The Kier molecular flexibility index (Phi) is 6.71. The van der Waals surface area contributed by atoms with Crippen LogP contribution in [-0.4, -0.2) is 26.2 Å². The van der Waals surface area contributed by atoms with Gasteiger partial charge in [0, 0.05) is 17.6 Å². The Balaban J connectivity index is 1.60. The fraction of sp³-hybridized carbons (Fsp3) is 0.333. The molecule has 10 heteroatoms. The molecule has 1 aliphatic carbocycles. The molecule has 0 fully saturated rings. The summed E-state index contributed by atoms with van der Waals surface area (Å²) < 4.78 is 1.59. The molecule has 3 aromatic heterocycles. The second-order valence-corrected chi connectivity index (χ2v) is 10.3. The molecule has 0 saturated heterocycles. The van der Waals surface area contributed by atoms with Gasteiger partial charge >= 0.3 is 0 Å². The molecular weight excluding hydrogens is 475 g/mol. The zero-order valence-corrected chi connectivity index (χ0v) is 19.9. The molecule has 4 rings (SSSR count). The minimum absolute atomic E-state index is 0.0534. The number of thioether (sulfide) groups is 1. The van der Waals surface area contributed by atoms with Gasteiger partial charge in [-0.05, 0) is 36.8 Å². The molecule has 6 nitrogen and oxygen atoms in total. The van der Waals surface area contributed by atoms with Crippen molar-refractivity contribution < 1.29 is 4.79 Å². The summed E-state index contributed by atoms with van der Waals surface area (Å²) in [4.78, 5) is 36.5. The average molecular weight is 495 g/mol. The van der Waals surface area contributed by atoms with Crippen LogP contribution < -0.4 is 10.9 Å². The lowest BCUT2D eigenvalue weighted by molar-refractivity contribution is -0.113. The molecule has 3 aromatic rings. The maximum Gasteiger partial charge on any atom is 0.263 e. The van der Waals surface area contributed by atoms with E-state index in [2.05, 4.69) is 23.8 Å². The normalized spacial score (nSPS) is 15.6. The summed E-state index contributed by atoms with van der Waals surface area (Å²) in [7, 11) is 0. The van der Waals surface area contributed by atoms with Gasteiger partial charge in [-0.25, -0.2) is 9.97 Å². The predicted molar refractivity (Wildman–Crippen MR) is 129 cm³/mol. The lowest BCUT2D eigenvalue weighted by Crippen LogP contribution is -2.24. The number of aryl methyl sites for hydroxylation is 1. The van der Waals surface area contributed by atoms with Gasteiger partial charge < -0.3 is 5.32 Å². The van der Waals surface area contributed by atoms with Gasteiger partial charge in [0.25, 0.3) is 5.56 Å². The molecule has 0 aromatic carbocycles. The fourth-order valence-electron chi connectivity index (χ4n) is 3.61. The number of aromatic nitrogens is 3. The number of rotatable bonds is 6. The van der Waals surface area contributed by atoms with Crippen molar-refractivity contribution in [3.63, 3.8) is 0 Å². The molecule has 1 amide bonds. The van der Waals surface area contributed by atoms with Crippen molar-refractivity contribution in [2.45, 2.75) is 37.9 Å². The Morgan fingerprint density at radius 1 is 1.48 bits per heavy atom. The van der Waals surface area contributed by atoms with E-state index in [1.165, 1.54) is 28.9 Å². The number of amides is 1. The Morgan fingerprint density at radius 3 is 3.03 bits per heavy atom. The summed E-state index contributed by atoms with van der Waals surface area (Å²) >= 11 is 14.7. The van der Waals surface area contributed by atoms with Crippen LogP contribution in [0, 0.1) is 5.92 Å². The van der Waals surface area contributed by atoms with Crippen LogP contribution in [-0.2, 0) is 24.2 Å². The highest BCUT2D eigenvalue weighted by Gasteiger charge is 2.24. The number of nitrogens with zero attached hydrogens (tertiary/aromatic N) is 3. The number of carbonyl (C=O) groups is 1. The van der Waals surface area contributed by atoms with E-state index in [0.717, 1.165) is 35.0 Å². The van der Waals surface area contributed by atoms with Gasteiger partial charge in [0.15, 0.2) is 11.0 Å². The molecule has 1 unspecified atom stereocenters. The lowest BCUT2D eigenvalue weighted by atomic mass is 9.89. The van der Waals surface area contributed by atoms with E-state index in [-0.39, 0.29) is 28.1 Å². The van der Waals surface area contributed by atoms with Crippen LogP contribution in [0.1, 0.15) is 23.8 Å². The predicted octanol–water partition coefficient (Wildman–Crippen LogP) is 5.20. The molecule has 31 heavy (non-hydrogen) atoms. The minimum Gasteiger partial charge on any atom is -0.309 e. The molecule has 0 radical (unpaired) electrons. The van der Waals surface area contributed by atoms with E-state index >= 15 is 0 Å². The summed E-state index contributed by atoms with van der Waals surface area (Å²) in [6.45, 7) is 6.33. The van der Waals surface area contributed by atoms with Crippen LogP contribution in [0.25, 0.3) is 10.2 Å². The third-order valence-corrected chi connectivity index (χ3v) is 7.71. The Labute approximate surface area is 197 Å². The Bertz CT molecular complexity index is 1240. The monoisotopic (exact) mass is 494 g/mol. The van der Waals surface area contributed by atoms with Crippen LogP contribution in [0.2, 0.25) is 10.0 Å². The van der Waals surface area contributed by atoms with Crippen LogP contribution in [0.4, 0.5) is 5.82 Å². The number of fused-ring (bicyclic) bond motifs is 3. The highest BCUT2D eigenvalue weighted by molar-refractivity contribution is 7.99. The summed E-state index contributed by atoms with van der Waals surface area (Å²) in [5, 5.41) is 4.52. The molecule has 1 atom stereocenters. The van der Waals surface area contributed by atoms with E-state index in [1.54, 1.807) is 22.0 Å². The van der Waals surface area contributed by atoms with Crippen molar-refractivity contribution in [2.24, 2.45) is 5.92 Å². The molecule has 0 aliphatic heterocycles. The summed E-state index contributed by atoms with van der Waals surface area (Å²) in [6.07, 6.45) is 6.05. The number of halogens is 2. The van der Waals surface area contributed by atoms with E-state index in [4.69, 9.17) is 28.2 Å². The van der Waals surface area contributed by atoms with Crippen molar-refractivity contribution in [3.05, 3.63) is 55.8 Å². The van der Waals surface area contributed by atoms with Crippen molar-refractivity contribution in [3.8, 4) is 0 Å². The van der Waals surface area contributed by atoms with Crippen LogP contribution in [0.5, 0.6) is 0 Å². The second kappa shape index (κ2) is 9.32. The first-order valence-corrected chi connectivity index (χ1v) is 12.3. The van der Waals surface area contributed by atoms with Gasteiger partial charge in [-0.15, -0.1) is 17.9 Å². The number of anilines is 1. The quantitative estimate of drug-likeness (QED) is 0.289. The van der Waals surface area contributed by atoms with Gasteiger partial charge in [-0.1, -0.05) is 48.0 Å². The van der Waals surface area contributed by atoms with Gasteiger partial charge in [-0.3, -0.25) is 14.2 Å². The van der Waals surface area contributed by atoms with Gasteiger partial charge in [-0.2, -0.15) is 0 Å². The number of hydrogen-bond donors (Lipinski definition) is 1. The van der Waals surface area contributed by atoms with E-state index in [9.17, 15) is 9.59 Å². The molecular formula is C21H20Cl2N4O2S2. The summed E-state index contributed by atoms with van der Waals surface area (Å²) in [5.74, 6) is 0.601. The summed E-state index contributed by atoms with van der Waals surface area (Å²) in [5.41, 5.74) is 1.08. The molecule has 3 heterocycles. The Morgan fingerprint density at radius 2 is 2.29 bits per heavy atom. The van der Waals surface area contributed by atoms with Crippen LogP contribution >= 0.6 is 46.3 Å². The number of allylic oxidation sites excluding steroid dienone is 1. The molecule has 0 spiro atoms. The highest BCUT2D eigenvalue weighted by atomic mass is 35.5. The van der Waals surface area contributed by atoms with Crippen molar-refractivity contribution >= 4 is 68.2 Å². The highest BCUT2D eigenvalue weighted by Crippen LogP contribution is 2.36. The third-order valence-electron chi connectivity index (χ3n) is 5.09. The molecule has 0 bridgehead atoms. The first kappa shape index (κ1) is 22.3. The molecule has 162 valence electrons. The zero-order valence-electron chi connectivity index (χ0n) is 16.8. The second-order valence-electron chi connectivity index (χ2n) is 7.45. The summed E-state index contributed by atoms with van der Waals surface area (Å²) in [6, 6.07) is 1.51. The first-order valence-electron chi connectivity index (χ1n) is 9.77. The number of nitrogens with one attached hydrogen (secondary N) is 1. The maximum absolute atomic E-state index is 13.3. The molecule has 0 saturated carbocycles. The van der Waals surface area contributed by atoms with E-state index in [0.29, 0.717) is 22.6 Å². The third kappa shape index (κ3) is 4.67. The van der Waals surface area contributed by atoms with E-state index < -0.39 is 0 Å². The standard InChI is InChI=1S/C21H20Cl2N4O2S2/c1-3-6-27-20(29)17-13-5-4-11(2)7-15(13)31-19(17)26-21(27)30-10-16(28)25-18-14(23)8-12(22)9-24-18/h3,8-9,11H,1,4-7,10H2,2H3,(H,24,25,28). The number of thiophene rings is 1. The van der Waals surface area contributed by atoms with Gasteiger partial charge in [0.2, 0.25) is 5.91 Å². The molecule has 1 aliphatic rings. The van der Waals surface area contributed by atoms with Crippen molar-refractivity contribution in [2.75, 3.05) is 11.1 Å². The number of carbonyl (C=O) groups excluding carboxylic acids is 1. The average Bonchev–Trinajstić information content (AvgIpc) is 3.08. The first-order chi connectivity index (χ1) is 14.9. The van der Waals surface area contributed by atoms with Crippen molar-refractivity contribution in [1.82, 2.24) is 14.5 Å². The zero-order chi connectivity index (χ0) is 22.1. The van der Waals surface area contributed by atoms with Crippen LogP contribution in [0.15, 0.2) is 34.9 Å². The molecule has 1 N–H and O–H groups in total. The van der Waals surface area contributed by atoms with Gasteiger partial charge in [0.05, 0.1) is 21.2 Å². The topological polar surface area (TPSA) is 76.9 Å². The Hall–Kier alpha value is -1.87. The lowest BCUT2D eigenvalue weighted by Gasteiger charge is -2.17. The number of pyridine rings is 1. The SMILES string of the molecule is C=CCn1c(SCC(=O)Nc2ncc(Cl)cc2Cl)nc2sc3c(c2c1=O)CCC(C)C3. The van der Waals surface area contributed by atoms with E-state index in [1.807, 2.05) is 0 Å². The minimum atomic E-state index is -0.305. The smallest absolute Gasteiger partial charge is 0.263 e. The maximum atomic E-state index is 13.3. The largest absolute Gasteiger partial charge is 0.309 e. The number of hydrogen-bond acceptors (Lipinski definition) is 6. The van der Waals surface area contributed by atoms with Crippen LogP contribution in [0.3, 0.4) is 0 Å².